The Labute approximate surface area is 82.0 Å². The van der Waals surface area contributed by atoms with Crippen LogP contribution in [0.1, 0.15) is 0 Å². The fourth-order valence-corrected chi connectivity index (χ4v) is 1.51. The van der Waals surface area contributed by atoms with E-state index in [-0.39, 0.29) is 15.8 Å². The third-order valence-electron chi connectivity index (χ3n) is 2.02. The van der Waals surface area contributed by atoms with Crippen molar-refractivity contribution < 1.29 is 13.2 Å². The van der Waals surface area contributed by atoms with Gasteiger partial charge in [-0.1, -0.05) is 0 Å². The van der Waals surface area contributed by atoms with E-state index in [1.54, 1.807) is 0 Å². The first kappa shape index (κ1) is 9.26. The number of hydrogen-bond acceptors (Lipinski definition) is 1. The summed E-state index contributed by atoms with van der Waals surface area (Å²) < 4.78 is 40.3. The van der Waals surface area contributed by atoms with Crippen molar-refractivity contribution in [3.63, 3.8) is 0 Å². The molecule has 0 spiro atoms. The van der Waals surface area contributed by atoms with Gasteiger partial charge in [0.05, 0.1) is 5.52 Å². The summed E-state index contributed by atoms with van der Waals surface area (Å²) in [6, 6.07) is 0.879. The predicted octanol–water partition coefficient (Wildman–Crippen LogP) is 2.65. The Morgan fingerprint density at radius 1 is 1.29 bits per heavy atom. The van der Waals surface area contributed by atoms with Gasteiger partial charge in [-0.15, -0.1) is 0 Å². The Morgan fingerprint density at radius 3 is 2.57 bits per heavy atom. The van der Waals surface area contributed by atoms with Gasteiger partial charge in [0.1, 0.15) is 5.52 Å². The largest absolute Gasteiger partial charge is 0.330 e. The lowest BCUT2D eigenvalue weighted by atomic mass is 10.3. The number of fused-ring (bicyclic) bond motifs is 1. The predicted molar refractivity (Wildman–Crippen MR) is 48.0 cm³/mol. The third kappa shape index (κ3) is 1.07. The molecule has 0 aliphatic carbocycles. The number of imidazole rings is 1. The van der Waals surface area contributed by atoms with Crippen molar-refractivity contribution in [3.05, 3.63) is 28.3 Å². The van der Waals surface area contributed by atoms with Crippen LogP contribution < -0.4 is 0 Å². The summed E-state index contributed by atoms with van der Waals surface area (Å²) >= 11 is 4.80. The number of rotatable bonds is 0. The monoisotopic (exact) mass is 218 g/mol. The quantitative estimate of drug-likeness (QED) is 0.532. The molecule has 1 N–H and O–H groups in total. The molecule has 0 saturated heterocycles. The first-order valence-electron chi connectivity index (χ1n) is 3.74. The molecule has 0 radical (unpaired) electrons. The van der Waals surface area contributed by atoms with Gasteiger partial charge in [0.2, 0.25) is 0 Å². The van der Waals surface area contributed by atoms with Crippen LogP contribution in [0.15, 0.2) is 6.07 Å². The third-order valence-corrected chi connectivity index (χ3v) is 2.39. The molecule has 0 atom stereocenters. The van der Waals surface area contributed by atoms with Gasteiger partial charge >= 0.3 is 0 Å². The van der Waals surface area contributed by atoms with Crippen LogP contribution in [-0.2, 0) is 7.05 Å². The van der Waals surface area contributed by atoms with Crippen LogP contribution in [0.2, 0.25) is 0 Å². The Bertz CT molecular complexity index is 570. The Hall–Kier alpha value is -1.30. The van der Waals surface area contributed by atoms with Crippen molar-refractivity contribution in [2.75, 3.05) is 0 Å². The summed E-state index contributed by atoms with van der Waals surface area (Å²) in [6.07, 6.45) is 0. The van der Waals surface area contributed by atoms with Gasteiger partial charge in [-0.2, -0.15) is 0 Å². The molecule has 2 rings (SSSR count). The van der Waals surface area contributed by atoms with Gasteiger partial charge in [-0.3, -0.25) is 0 Å². The molecular formula is C8H5F3N2S. The maximum absolute atomic E-state index is 13.2. The Balaban J connectivity index is 3.06. The maximum atomic E-state index is 13.2. The van der Waals surface area contributed by atoms with E-state index in [1.165, 1.54) is 11.6 Å². The normalized spacial score (nSPS) is 11.1. The average Bonchev–Trinajstić information content (AvgIpc) is 2.39. The molecule has 1 aromatic carbocycles. The molecule has 0 unspecified atom stereocenters. The van der Waals surface area contributed by atoms with Crippen LogP contribution in [0.3, 0.4) is 0 Å². The number of benzene rings is 1. The van der Waals surface area contributed by atoms with Gasteiger partial charge in [0, 0.05) is 13.1 Å². The van der Waals surface area contributed by atoms with Crippen molar-refractivity contribution in [1.29, 1.82) is 0 Å². The number of aromatic nitrogens is 2. The summed E-state index contributed by atoms with van der Waals surface area (Å²) in [5.74, 6) is -3.94. The SMILES string of the molecule is Cn1c(=S)[nH]c2cc(F)c(F)c(F)c21. The molecule has 0 aliphatic heterocycles. The second-order valence-corrected chi connectivity index (χ2v) is 3.26. The molecule has 0 aliphatic rings. The molecule has 1 aromatic heterocycles. The van der Waals surface area contributed by atoms with Crippen molar-refractivity contribution in [1.82, 2.24) is 9.55 Å². The minimum absolute atomic E-state index is 0.0612. The smallest absolute Gasteiger partial charge is 0.196 e. The standard InChI is InChI=1S/C8H5F3N2S/c1-13-7-4(12-8(13)14)2-3(9)5(10)6(7)11/h2H,1H3,(H,12,14). The van der Waals surface area contributed by atoms with E-state index < -0.39 is 17.5 Å². The first-order valence-corrected chi connectivity index (χ1v) is 4.15. The van der Waals surface area contributed by atoms with Crippen LogP contribution in [0, 0.1) is 22.2 Å². The molecule has 74 valence electrons. The van der Waals surface area contributed by atoms with Crippen LogP contribution in [0.25, 0.3) is 11.0 Å². The first-order chi connectivity index (χ1) is 6.52. The summed E-state index contributed by atoms with van der Waals surface area (Å²) in [5, 5.41) is 0. The number of hydrogen-bond donors (Lipinski definition) is 1. The van der Waals surface area contributed by atoms with Crippen LogP contribution in [0.5, 0.6) is 0 Å². The average molecular weight is 218 g/mol. The van der Waals surface area contributed by atoms with Crippen LogP contribution >= 0.6 is 12.2 Å². The zero-order chi connectivity index (χ0) is 10.5. The number of aryl methyl sites for hydroxylation is 1. The molecule has 2 nitrogen and oxygen atoms in total. The Morgan fingerprint density at radius 2 is 1.93 bits per heavy atom. The molecule has 0 fully saturated rings. The molecule has 1 heterocycles. The van der Waals surface area contributed by atoms with E-state index in [0.29, 0.717) is 0 Å². The fraction of sp³-hybridized carbons (Fsp3) is 0.125. The summed E-state index contributed by atoms with van der Waals surface area (Å²) in [6.45, 7) is 0. The maximum Gasteiger partial charge on any atom is 0.196 e. The molecule has 2 aromatic rings. The number of aromatic amines is 1. The lowest BCUT2D eigenvalue weighted by molar-refractivity contribution is 0.451. The summed E-state index contributed by atoms with van der Waals surface area (Å²) in [5.41, 5.74) is 0.0859. The van der Waals surface area contributed by atoms with Gasteiger partial charge in [0.15, 0.2) is 22.2 Å². The van der Waals surface area contributed by atoms with Gasteiger partial charge < -0.3 is 9.55 Å². The highest BCUT2D eigenvalue weighted by molar-refractivity contribution is 7.71. The number of H-pyrrole nitrogens is 1. The van der Waals surface area contributed by atoms with Crippen LogP contribution in [0.4, 0.5) is 13.2 Å². The number of halogens is 3. The molecule has 0 bridgehead atoms. The van der Waals surface area contributed by atoms with Gasteiger partial charge in [0.25, 0.3) is 0 Å². The van der Waals surface area contributed by atoms with E-state index in [2.05, 4.69) is 4.98 Å². The lowest BCUT2D eigenvalue weighted by Crippen LogP contribution is -1.95. The summed E-state index contributed by atoms with van der Waals surface area (Å²) in [4.78, 5) is 2.57. The van der Waals surface area contributed by atoms with E-state index in [0.717, 1.165) is 6.07 Å². The van der Waals surface area contributed by atoms with E-state index in [9.17, 15) is 13.2 Å². The second kappa shape index (κ2) is 2.84. The Kier molecular flexibility index (Phi) is 1.88. The molecule has 0 amide bonds. The molecule has 14 heavy (non-hydrogen) atoms. The lowest BCUT2D eigenvalue weighted by Gasteiger charge is -1.98. The fourth-order valence-electron chi connectivity index (χ4n) is 1.31. The van der Waals surface area contributed by atoms with E-state index >= 15 is 0 Å². The van der Waals surface area contributed by atoms with Crippen molar-refractivity contribution in [2.45, 2.75) is 0 Å². The van der Waals surface area contributed by atoms with E-state index in [4.69, 9.17) is 12.2 Å². The number of nitrogens with zero attached hydrogens (tertiary/aromatic N) is 1. The highest BCUT2D eigenvalue weighted by atomic mass is 32.1. The van der Waals surface area contributed by atoms with Gasteiger partial charge in [-0.25, -0.2) is 13.2 Å². The zero-order valence-electron chi connectivity index (χ0n) is 7.07. The van der Waals surface area contributed by atoms with Crippen LogP contribution in [-0.4, -0.2) is 9.55 Å². The van der Waals surface area contributed by atoms with Gasteiger partial charge in [-0.05, 0) is 12.2 Å². The van der Waals surface area contributed by atoms with Crippen molar-refractivity contribution >= 4 is 23.3 Å². The van der Waals surface area contributed by atoms with Crippen molar-refractivity contribution in [3.8, 4) is 0 Å². The topological polar surface area (TPSA) is 20.7 Å². The summed E-state index contributed by atoms with van der Waals surface area (Å²) in [7, 11) is 1.47. The minimum Gasteiger partial charge on any atom is -0.330 e. The zero-order valence-corrected chi connectivity index (χ0v) is 7.88. The highest BCUT2D eigenvalue weighted by Gasteiger charge is 2.16. The number of nitrogens with one attached hydrogen (secondary N) is 1. The minimum atomic E-state index is -1.48. The molecule has 6 heteroatoms. The highest BCUT2D eigenvalue weighted by Crippen LogP contribution is 2.21. The molecular weight excluding hydrogens is 213 g/mol. The van der Waals surface area contributed by atoms with E-state index in [1.807, 2.05) is 0 Å². The second-order valence-electron chi connectivity index (χ2n) is 2.87. The molecule has 0 saturated carbocycles. The van der Waals surface area contributed by atoms with Crippen molar-refractivity contribution in [2.24, 2.45) is 7.05 Å².